The van der Waals surface area contributed by atoms with E-state index in [0.29, 0.717) is 31.3 Å². The van der Waals surface area contributed by atoms with E-state index in [4.69, 9.17) is 9.47 Å². The first kappa shape index (κ1) is 27.5. The van der Waals surface area contributed by atoms with Gasteiger partial charge in [-0.05, 0) is 56.5 Å². The zero-order valence-corrected chi connectivity index (χ0v) is 21.6. The minimum Gasteiger partial charge on any atom is -0.493 e. The highest BCUT2D eigenvalue weighted by Gasteiger charge is 2.06. The average Bonchev–Trinajstić information content (AvgIpc) is 2.76. The van der Waals surface area contributed by atoms with Gasteiger partial charge in [-0.1, -0.05) is 12.1 Å². The van der Waals surface area contributed by atoms with Crippen LogP contribution < -0.4 is 25.4 Å². The topological polar surface area (TPSA) is 96.9 Å². The molecule has 0 bridgehead atoms. The quantitative estimate of drug-likeness (QED) is 0.170. The second-order valence-corrected chi connectivity index (χ2v) is 6.91. The van der Waals surface area contributed by atoms with E-state index in [2.05, 4.69) is 32.0 Å². The van der Waals surface area contributed by atoms with Crippen molar-refractivity contribution >= 4 is 41.7 Å². The Kier molecular flexibility index (Phi) is 13.1. The van der Waals surface area contributed by atoms with Crippen LogP contribution in [0.5, 0.6) is 11.5 Å². The molecule has 0 radical (unpaired) electrons. The van der Waals surface area contributed by atoms with E-state index in [9.17, 15) is 4.79 Å². The third-order valence-corrected chi connectivity index (χ3v) is 4.49. The molecule has 0 saturated carbocycles. The van der Waals surface area contributed by atoms with Crippen molar-refractivity contribution in [1.29, 1.82) is 0 Å². The van der Waals surface area contributed by atoms with Gasteiger partial charge in [0.05, 0.1) is 13.7 Å². The van der Waals surface area contributed by atoms with Crippen LogP contribution in [0.1, 0.15) is 31.0 Å². The molecule has 9 heteroatoms. The molecule has 0 spiro atoms. The Morgan fingerprint density at radius 2 is 1.91 bits per heavy atom. The Labute approximate surface area is 207 Å². The van der Waals surface area contributed by atoms with Crippen molar-refractivity contribution in [3.63, 3.8) is 0 Å². The number of carbonyl (C=O) groups excluding carboxylic acids is 1. The smallest absolute Gasteiger partial charge is 0.227 e. The summed E-state index contributed by atoms with van der Waals surface area (Å²) in [5.41, 5.74) is 2.06. The van der Waals surface area contributed by atoms with Crippen molar-refractivity contribution in [2.24, 2.45) is 4.99 Å². The number of ether oxygens (including phenoxy) is 2. The van der Waals surface area contributed by atoms with Crippen molar-refractivity contribution in [1.82, 2.24) is 15.6 Å². The van der Waals surface area contributed by atoms with Gasteiger partial charge in [0.15, 0.2) is 17.5 Å². The summed E-state index contributed by atoms with van der Waals surface area (Å²) >= 11 is 0. The number of hydrogen-bond donors (Lipinski definition) is 3. The number of aryl methyl sites for hydroxylation is 2. The van der Waals surface area contributed by atoms with Gasteiger partial charge in [-0.2, -0.15) is 0 Å². The first-order valence-electron chi connectivity index (χ1n) is 10.5. The Morgan fingerprint density at radius 1 is 1.12 bits per heavy atom. The zero-order chi connectivity index (χ0) is 22.5. The third-order valence-electron chi connectivity index (χ3n) is 4.49. The molecular formula is C23H34IN5O3. The van der Waals surface area contributed by atoms with Gasteiger partial charge in [0.1, 0.15) is 5.82 Å². The molecule has 32 heavy (non-hydrogen) atoms. The zero-order valence-electron chi connectivity index (χ0n) is 19.2. The second kappa shape index (κ2) is 15.3. The number of halogens is 1. The monoisotopic (exact) mass is 555 g/mol. The van der Waals surface area contributed by atoms with E-state index >= 15 is 0 Å². The van der Waals surface area contributed by atoms with Gasteiger partial charge in [-0.3, -0.25) is 9.79 Å². The molecule has 0 aliphatic heterocycles. The standard InChI is InChI=1S/C23H33N5O3.HI/c1-5-31-20-16-18(11-12-19(20)30-4)9-7-14-25-23(24-3)26-15-13-22(29)28-21-10-6-8-17(2)27-21;/h6,8,10-12,16H,5,7,9,13-15H2,1-4H3,(H2,24,25,26)(H,27,28,29);1H. The van der Waals surface area contributed by atoms with Crippen LogP contribution in [0.15, 0.2) is 41.4 Å². The Bertz CT molecular complexity index is 876. The molecule has 0 fully saturated rings. The predicted octanol–water partition coefficient (Wildman–Crippen LogP) is 3.54. The Balaban J connectivity index is 0.00000512. The normalized spacial score (nSPS) is 10.7. The van der Waals surface area contributed by atoms with Crippen LogP contribution in [-0.2, 0) is 11.2 Å². The van der Waals surface area contributed by atoms with Crippen LogP contribution in [0, 0.1) is 6.92 Å². The summed E-state index contributed by atoms with van der Waals surface area (Å²) in [4.78, 5) is 20.5. The molecule has 1 amide bonds. The number of amides is 1. The summed E-state index contributed by atoms with van der Waals surface area (Å²) in [7, 11) is 3.35. The van der Waals surface area contributed by atoms with Crippen LogP contribution in [-0.4, -0.2) is 50.7 Å². The fraction of sp³-hybridized carbons (Fsp3) is 0.435. The van der Waals surface area contributed by atoms with Crippen LogP contribution in [0.2, 0.25) is 0 Å². The summed E-state index contributed by atoms with van der Waals surface area (Å²) in [6.45, 7) is 5.68. The number of aliphatic imine (C=N–C) groups is 1. The molecule has 8 nitrogen and oxygen atoms in total. The van der Waals surface area contributed by atoms with Crippen molar-refractivity contribution < 1.29 is 14.3 Å². The molecule has 0 atom stereocenters. The van der Waals surface area contributed by atoms with Gasteiger partial charge in [0.25, 0.3) is 0 Å². The van der Waals surface area contributed by atoms with Crippen LogP contribution >= 0.6 is 24.0 Å². The highest BCUT2D eigenvalue weighted by atomic mass is 127. The number of nitrogens with one attached hydrogen (secondary N) is 3. The fourth-order valence-corrected chi connectivity index (χ4v) is 2.98. The molecule has 3 N–H and O–H groups in total. The number of hydrogen-bond acceptors (Lipinski definition) is 5. The molecule has 0 aliphatic carbocycles. The van der Waals surface area contributed by atoms with Crippen molar-refractivity contribution in [3.8, 4) is 11.5 Å². The highest BCUT2D eigenvalue weighted by Crippen LogP contribution is 2.28. The van der Waals surface area contributed by atoms with E-state index in [1.165, 1.54) is 5.56 Å². The number of guanidine groups is 1. The maximum absolute atomic E-state index is 12.1. The molecule has 2 rings (SSSR count). The van der Waals surface area contributed by atoms with E-state index in [0.717, 1.165) is 36.6 Å². The third kappa shape index (κ3) is 9.71. The van der Waals surface area contributed by atoms with Gasteiger partial charge in [0.2, 0.25) is 5.91 Å². The number of pyridine rings is 1. The molecule has 1 aromatic heterocycles. The number of rotatable bonds is 11. The second-order valence-electron chi connectivity index (χ2n) is 6.91. The van der Waals surface area contributed by atoms with Gasteiger partial charge in [0, 0.05) is 32.3 Å². The Hall–Kier alpha value is -2.56. The highest BCUT2D eigenvalue weighted by molar-refractivity contribution is 14.0. The minimum atomic E-state index is -0.0920. The maximum atomic E-state index is 12.1. The van der Waals surface area contributed by atoms with Crippen LogP contribution in [0.3, 0.4) is 0 Å². The Morgan fingerprint density at radius 3 is 2.59 bits per heavy atom. The molecule has 1 heterocycles. The number of carbonyl (C=O) groups is 1. The lowest BCUT2D eigenvalue weighted by Gasteiger charge is -2.13. The van der Waals surface area contributed by atoms with Gasteiger partial charge in [-0.15, -0.1) is 24.0 Å². The maximum Gasteiger partial charge on any atom is 0.227 e. The van der Waals surface area contributed by atoms with Crippen LogP contribution in [0.25, 0.3) is 0 Å². The molecule has 0 unspecified atom stereocenters. The van der Waals surface area contributed by atoms with E-state index in [1.54, 1.807) is 20.2 Å². The van der Waals surface area contributed by atoms with Crippen molar-refractivity contribution in [2.75, 3.05) is 39.2 Å². The summed E-state index contributed by atoms with van der Waals surface area (Å²) in [5, 5.41) is 9.23. The van der Waals surface area contributed by atoms with Crippen molar-refractivity contribution in [2.45, 2.75) is 33.1 Å². The molecule has 0 aliphatic rings. The molecule has 176 valence electrons. The molecule has 2 aromatic rings. The SMILES string of the molecule is CCOc1cc(CCCNC(=NC)NCCC(=O)Nc2cccc(C)n2)ccc1OC.I. The minimum absolute atomic E-state index is 0. The molecule has 1 aromatic carbocycles. The van der Waals surface area contributed by atoms with Gasteiger partial charge < -0.3 is 25.4 Å². The summed E-state index contributed by atoms with van der Waals surface area (Å²) in [5.74, 6) is 2.66. The molecular weight excluding hydrogens is 521 g/mol. The number of nitrogens with zero attached hydrogens (tertiary/aromatic N) is 2. The first-order chi connectivity index (χ1) is 15.0. The summed E-state index contributed by atoms with van der Waals surface area (Å²) < 4.78 is 11.0. The summed E-state index contributed by atoms with van der Waals surface area (Å²) in [6, 6.07) is 11.5. The van der Waals surface area contributed by atoms with E-state index in [-0.39, 0.29) is 29.9 Å². The largest absolute Gasteiger partial charge is 0.493 e. The lowest BCUT2D eigenvalue weighted by Crippen LogP contribution is -2.39. The first-order valence-corrected chi connectivity index (χ1v) is 10.5. The van der Waals surface area contributed by atoms with Gasteiger partial charge in [-0.25, -0.2) is 4.98 Å². The lowest BCUT2D eigenvalue weighted by molar-refractivity contribution is -0.116. The lowest BCUT2D eigenvalue weighted by atomic mass is 10.1. The summed E-state index contributed by atoms with van der Waals surface area (Å²) in [6.07, 6.45) is 2.15. The number of anilines is 1. The number of methoxy groups -OCH3 is 1. The van der Waals surface area contributed by atoms with Crippen molar-refractivity contribution in [3.05, 3.63) is 47.7 Å². The predicted molar refractivity (Wildman–Crippen MR) is 139 cm³/mol. The fourth-order valence-electron chi connectivity index (χ4n) is 2.98. The number of aromatic nitrogens is 1. The van der Waals surface area contributed by atoms with E-state index in [1.807, 2.05) is 38.1 Å². The van der Waals surface area contributed by atoms with Crippen LogP contribution in [0.4, 0.5) is 5.82 Å². The average molecular weight is 555 g/mol. The number of benzene rings is 1. The van der Waals surface area contributed by atoms with E-state index < -0.39 is 0 Å². The molecule has 0 saturated heterocycles. The van der Waals surface area contributed by atoms with Gasteiger partial charge >= 0.3 is 0 Å².